The van der Waals surface area contributed by atoms with Gasteiger partial charge >= 0.3 is 6.18 Å². The average Bonchev–Trinajstić information content (AvgIpc) is 2.70. The maximum absolute atomic E-state index is 13.8. The minimum Gasteiger partial charge on any atom is -0.241 e. The first-order chi connectivity index (χ1) is 13.9. The Morgan fingerprint density at radius 2 is 1.28 bits per heavy atom. The summed E-state index contributed by atoms with van der Waals surface area (Å²) in [5.74, 6) is 0. The third-order valence-corrected chi connectivity index (χ3v) is 5.82. The zero-order chi connectivity index (χ0) is 20.7. The molecule has 0 spiro atoms. The maximum Gasteiger partial charge on any atom is 0.422 e. The van der Waals surface area contributed by atoms with E-state index < -0.39 is 11.1 Å². The van der Waals surface area contributed by atoms with E-state index in [2.05, 4.69) is 4.99 Å². The Labute approximate surface area is 176 Å². The minimum absolute atomic E-state index is 0.279. The number of aryl methyl sites for hydroxylation is 1. The number of hydrogen-bond acceptors (Lipinski definition) is 3. The predicted octanol–water partition coefficient (Wildman–Crippen LogP) is 8.06. The lowest BCUT2D eigenvalue weighted by Gasteiger charge is -2.12. The number of nitrogens with zero attached hydrogens (tertiary/aromatic N) is 1. The van der Waals surface area contributed by atoms with E-state index in [0.29, 0.717) is 22.3 Å². The van der Waals surface area contributed by atoms with Crippen LogP contribution in [0.2, 0.25) is 0 Å². The highest BCUT2D eigenvalue weighted by Crippen LogP contribution is 2.40. The van der Waals surface area contributed by atoms with Crippen molar-refractivity contribution in [2.75, 3.05) is 0 Å². The number of para-hydroxylation sites is 1. The Morgan fingerprint density at radius 1 is 0.759 bits per heavy atom. The van der Waals surface area contributed by atoms with E-state index in [-0.39, 0.29) is 5.04 Å². The number of thioether (sulfide) groups is 2. The van der Waals surface area contributed by atoms with Gasteiger partial charge in [0.25, 0.3) is 0 Å². The van der Waals surface area contributed by atoms with Crippen molar-refractivity contribution in [2.45, 2.75) is 22.9 Å². The standard InChI is InChI=1S/C23H18F3NS2/c1-17-10-8-9-15-20(17)27-22(29-19-13-6-3-7-14-19)16-21(23(24,25)26)28-18-11-4-2-5-12-18/h2-16H,1H3/b21-16-,27-22-. The van der Waals surface area contributed by atoms with Crippen LogP contribution in [0.4, 0.5) is 18.9 Å². The van der Waals surface area contributed by atoms with Crippen molar-refractivity contribution in [1.29, 1.82) is 0 Å². The molecular weight excluding hydrogens is 411 g/mol. The molecule has 0 aliphatic carbocycles. The zero-order valence-electron chi connectivity index (χ0n) is 15.6. The summed E-state index contributed by atoms with van der Waals surface area (Å²) in [7, 11) is 0. The van der Waals surface area contributed by atoms with Crippen molar-refractivity contribution in [3.8, 4) is 0 Å². The van der Waals surface area contributed by atoms with Crippen LogP contribution in [0, 0.1) is 6.92 Å². The molecule has 0 saturated carbocycles. The predicted molar refractivity (Wildman–Crippen MR) is 117 cm³/mol. The van der Waals surface area contributed by atoms with Crippen LogP contribution in [-0.4, -0.2) is 11.2 Å². The molecule has 0 aliphatic rings. The highest BCUT2D eigenvalue weighted by atomic mass is 32.2. The largest absolute Gasteiger partial charge is 0.422 e. The monoisotopic (exact) mass is 429 g/mol. The topological polar surface area (TPSA) is 12.4 Å². The van der Waals surface area contributed by atoms with Crippen LogP contribution in [0.25, 0.3) is 0 Å². The van der Waals surface area contributed by atoms with Gasteiger partial charge in [-0.2, -0.15) is 13.2 Å². The number of hydrogen-bond donors (Lipinski definition) is 0. The SMILES string of the molecule is Cc1ccccc1/N=C(/C=C(\Sc1ccccc1)C(F)(F)F)Sc1ccccc1. The Bertz CT molecular complexity index is 997. The second-order valence-corrected chi connectivity index (χ2v) is 8.28. The molecule has 0 atom stereocenters. The first-order valence-corrected chi connectivity index (χ1v) is 10.4. The summed E-state index contributed by atoms with van der Waals surface area (Å²) in [6.07, 6.45) is -3.36. The Hall–Kier alpha value is -2.44. The highest BCUT2D eigenvalue weighted by Gasteiger charge is 2.35. The van der Waals surface area contributed by atoms with Gasteiger partial charge in [-0.15, -0.1) is 0 Å². The van der Waals surface area contributed by atoms with E-state index in [1.807, 2.05) is 55.5 Å². The number of halogens is 3. The lowest BCUT2D eigenvalue weighted by Crippen LogP contribution is -2.10. The normalized spacial score (nSPS) is 12.8. The second-order valence-electron chi connectivity index (χ2n) is 6.07. The summed E-state index contributed by atoms with van der Waals surface area (Å²) in [5, 5.41) is 0.279. The Kier molecular flexibility index (Phi) is 7.23. The van der Waals surface area contributed by atoms with Crippen LogP contribution in [0.15, 0.2) is 111 Å². The quantitative estimate of drug-likeness (QED) is 0.231. The van der Waals surface area contributed by atoms with E-state index >= 15 is 0 Å². The molecule has 0 N–H and O–H groups in total. The lowest BCUT2D eigenvalue weighted by molar-refractivity contribution is -0.0835. The molecule has 0 amide bonds. The summed E-state index contributed by atoms with van der Waals surface area (Å²) < 4.78 is 41.3. The molecule has 0 radical (unpaired) electrons. The van der Waals surface area contributed by atoms with Gasteiger partial charge in [0.2, 0.25) is 0 Å². The van der Waals surface area contributed by atoms with Gasteiger partial charge in [0.1, 0.15) is 5.04 Å². The van der Waals surface area contributed by atoms with Crippen molar-refractivity contribution < 1.29 is 13.2 Å². The molecule has 1 nitrogen and oxygen atoms in total. The van der Waals surface area contributed by atoms with Crippen molar-refractivity contribution in [1.82, 2.24) is 0 Å². The number of benzene rings is 3. The van der Waals surface area contributed by atoms with Crippen molar-refractivity contribution in [3.63, 3.8) is 0 Å². The molecule has 0 bridgehead atoms. The van der Waals surface area contributed by atoms with Crippen LogP contribution in [0.5, 0.6) is 0 Å². The van der Waals surface area contributed by atoms with Crippen LogP contribution in [-0.2, 0) is 0 Å². The fraction of sp³-hybridized carbons (Fsp3) is 0.0870. The molecular formula is C23H18F3NS2. The van der Waals surface area contributed by atoms with Gasteiger partial charge in [-0.1, -0.05) is 78.1 Å². The number of aliphatic imine (C=N–C) groups is 1. The molecule has 0 aliphatic heterocycles. The molecule has 0 unspecified atom stereocenters. The van der Waals surface area contributed by atoms with Gasteiger partial charge in [-0.3, -0.25) is 0 Å². The van der Waals surface area contributed by atoms with Gasteiger partial charge in [0.15, 0.2) is 0 Å². The summed E-state index contributed by atoms with van der Waals surface area (Å²) >= 11 is 1.90. The molecule has 0 saturated heterocycles. The molecule has 148 valence electrons. The molecule has 29 heavy (non-hydrogen) atoms. The number of allylic oxidation sites excluding steroid dienone is 1. The molecule has 0 heterocycles. The first kappa shape index (κ1) is 21.3. The zero-order valence-corrected chi connectivity index (χ0v) is 17.2. The fourth-order valence-electron chi connectivity index (χ4n) is 2.40. The van der Waals surface area contributed by atoms with E-state index in [4.69, 9.17) is 0 Å². The van der Waals surface area contributed by atoms with Crippen molar-refractivity contribution >= 4 is 34.3 Å². The van der Waals surface area contributed by atoms with E-state index in [1.165, 1.54) is 11.8 Å². The molecule has 6 heteroatoms. The van der Waals surface area contributed by atoms with Gasteiger partial charge in [-0.05, 0) is 48.9 Å². The Balaban J connectivity index is 2.03. The third kappa shape index (κ3) is 6.54. The second kappa shape index (κ2) is 9.85. The van der Waals surface area contributed by atoms with Gasteiger partial charge in [0.05, 0.1) is 10.6 Å². The fourth-order valence-corrected chi connectivity index (χ4v) is 4.16. The Morgan fingerprint density at radius 3 is 1.83 bits per heavy atom. The van der Waals surface area contributed by atoms with Crippen LogP contribution in [0.3, 0.4) is 0 Å². The van der Waals surface area contributed by atoms with Crippen LogP contribution >= 0.6 is 23.5 Å². The first-order valence-electron chi connectivity index (χ1n) is 8.81. The maximum atomic E-state index is 13.8. The summed E-state index contributed by atoms with van der Waals surface area (Å²) in [6.45, 7) is 1.89. The molecule has 3 aromatic carbocycles. The van der Waals surface area contributed by atoms with Gasteiger partial charge < -0.3 is 0 Å². The third-order valence-electron chi connectivity index (χ3n) is 3.82. The highest BCUT2D eigenvalue weighted by molar-refractivity contribution is 8.14. The van der Waals surface area contributed by atoms with Crippen molar-refractivity contribution in [3.05, 3.63) is 101 Å². The van der Waals surface area contributed by atoms with E-state index in [0.717, 1.165) is 16.5 Å². The summed E-state index contributed by atoms with van der Waals surface area (Å²) in [5.41, 5.74) is 1.55. The average molecular weight is 430 g/mol. The summed E-state index contributed by atoms with van der Waals surface area (Å²) in [6, 6.07) is 25.2. The molecule has 0 aromatic heterocycles. The molecule has 3 rings (SSSR count). The molecule has 0 fully saturated rings. The smallest absolute Gasteiger partial charge is 0.241 e. The molecule has 3 aromatic rings. The van der Waals surface area contributed by atoms with Gasteiger partial charge in [0, 0.05) is 9.79 Å². The van der Waals surface area contributed by atoms with Crippen LogP contribution in [0.1, 0.15) is 5.56 Å². The van der Waals surface area contributed by atoms with E-state index in [9.17, 15) is 13.2 Å². The lowest BCUT2D eigenvalue weighted by atomic mass is 10.2. The number of alkyl halides is 3. The van der Waals surface area contributed by atoms with E-state index in [1.54, 1.807) is 36.4 Å². The summed E-state index contributed by atoms with van der Waals surface area (Å²) in [4.78, 5) is 5.18. The minimum atomic E-state index is -4.48. The number of rotatable bonds is 5. The van der Waals surface area contributed by atoms with Crippen LogP contribution < -0.4 is 0 Å². The van der Waals surface area contributed by atoms with Crippen molar-refractivity contribution in [2.24, 2.45) is 4.99 Å². The van der Waals surface area contributed by atoms with Gasteiger partial charge in [-0.25, -0.2) is 4.99 Å².